The molecule has 4 heteroatoms. The highest BCUT2D eigenvalue weighted by Crippen LogP contribution is 2.38. The van der Waals surface area contributed by atoms with Gasteiger partial charge in [-0.15, -0.1) is 11.8 Å². The number of rotatable bonds is 5. The average molecular weight is 293 g/mol. The Morgan fingerprint density at radius 3 is 2.75 bits per heavy atom. The molecule has 1 saturated carbocycles. The number of hydrogen-bond acceptors (Lipinski definition) is 4. The molecule has 1 aliphatic rings. The molecule has 1 aromatic rings. The van der Waals surface area contributed by atoms with Crippen LogP contribution in [0.25, 0.3) is 0 Å². The number of thioether (sulfide) groups is 1. The summed E-state index contributed by atoms with van der Waals surface area (Å²) in [5.41, 5.74) is 1.42. The van der Waals surface area contributed by atoms with E-state index in [1.165, 1.54) is 19.1 Å². The quantitative estimate of drug-likeness (QED) is 0.847. The minimum absolute atomic E-state index is 0.133. The predicted octanol–water partition coefficient (Wildman–Crippen LogP) is 2.82. The van der Waals surface area contributed by atoms with Crippen molar-refractivity contribution in [1.29, 1.82) is 0 Å². The number of carbonyl (C=O) groups is 1. The van der Waals surface area contributed by atoms with Crippen molar-refractivity contribution in [2.75, 3.05) is 19.9 Å². The standard InChI is InChI=1S/C16H23NO2S/c1-17-14-9-8-13(12-6-4-3-5-7-12)10-15(14)20-11-16(18)19-2/h3-7,13-15,17H,8-11H2,1-2H3. The first-order chi connectivity index (χ1) is 9.74. The Hall–Kier alpha value is -1.00. The van der Waals surface area contributed by atoms with E-state index >= 15 is 0 Å². The minimum atomic E-state index is -0.133. The van der Waals surface area contributed by atoms with Crippen LogP contribution in [0.3, 0.4) is 0 Å². The summed E-state index contributed by atoms with van der Waals surface area (Å²) in [4.78, 5) is 11.3. The van der Waals surface area contributed by atoms with Gasteiger partial charge in [0.15, 0.2) is 0 Å². The van der Waals surface area contributed by atoms with Crippen LogP contribution < -0.4 is 5.32 Å². The zero-order valence-corrected chi connectivity index (χ0v) is 13.0. The molecule has 0 aliphatic heterocycles. The predicted molar refractivity (Wildman–Crippen MR) is 84.1 cm³/mol. The Morgan fingerprint density at radius 1 is 1.35 bits per heavy atom. The normalized spacial score (nSPS) is 26.2. The van der Waals surface area contributed by atoms with Gasteiger partial charge in [-0.25, -0.2) is 0 Å². The first kappa shape index (κ1) is 15.4. The van der Waals surface area contributed by atoms with Crippen LogP contribution in [0.4, 0.5) is 0 Å². The summed E-state index contributed by atoms with van der Waals surface area (Å²) >= 11 is 1.72. The van der Waals surface area contributed by atoms with E-state index in [0.717, 1.165) is 12.8 Å². The lowest BCUT2D eigenvalue weighted by Crippen LogP contribution is -2.40. The molecule has 0 bridgehead atoms. The largest absolute Gasteiger partial charge is 0.468 e. The molecule has 1 aliphatic carbocycles. The summed E-state index contributed by atoms with van der Waals surface area (Å²) in [5, 5.41) is 3.87. The van der Waals surface area contributed by atoms with Crippen molar-refractivity contribution in [3.8, 4) is 0 Å². The summed E-state index contributed by atoms with van der Waals surface area (Å²) in [6.45, 7) is 0. The van der Waals surface area contributed by atoms with Crippen LogP contribution in [-0.4, -0.2) is 37.2 Å². The lowest BCUT2D eigenvalue weighted by molar-refractivity contribution is -0.137. The Kier molecular flexibility index (Phi) is 5.92. The molecule has 0 radical (unpaired) electrons. The zero-order valence-electron chi connectivity index (χ0n) is 12.2. The van der Waals surface area contributed by atoms with Crippen LogP contribution in [0.15, 0.2) is 30.3 Å². The molecule has 3 nitrogen and oxygen atoms in total. The molecule has 110 valence electrons. The van der Waals surface area contributed by atoms with E-state index in [0.29, 0.717) is 23.0 Å². The number of methoxy groups -OCH3 is 1. The van der Waals surface area contributed by atoms with Gasteiger partial charge in [0, 0.05) is 11.3 Å². The second kappa shape index (κ2) is 7.70. The average Bonchev–Trinajstić information content (AvgIpc) is 2.53. The summed E-state index contributed by atoms with van der Waals surface area (Å²) in [7, 11) is 3.46. The monoisotopic (exact) mass is 293 g/mol. The van der Waals surface area contributed by atoms with Crippen molar-refractivity contribution in [2.24, 2.45) is 0 Å². The van der Waals surface area contributed by atoms with Crippen molar-refractivity contribution >= 4 is 17.7 Å². The topological polar surface area (TPSA) is 38.3 Å². The Bertz CT molecular complexity index is 424. The van der Waals surface area contributed by atoms with Crippen LogP contribution in [0.1, 0.15) is 30.7 Å². The third kappa shape index (κ3) is 4.00. The maximum absolute atomic E-state index is 11.3. The van der Waals surface area contributed by atoms with E-state index < -0.39 is 0 Å². The third-order valence-electron chi connectivity index (χ3n) is 4.08. The number of hydrogen-bond donors (Lipinski definition) is 1. The molecule has 1 N–H and O–H groups in total. The summed E-state index contributed by atoms with van der Waals surface area (Å²) in [6.07, 6.45) is 3.50. The van der Waals surface area contributed by atoms with Crippen molar-refractivity contribution < 1.29 is 9.53 Å². The molecule has 0 amide bonds. The number of ether oxygens (including phenoxy) is 1. The molecule has 3 atom stereocenters. The molecule has 1 aromatic carbocycles. The van der Waals surface area contributed by atoms with Gasteiger partial charge in [0.05, 0.1) is 12.9 Å². The number of nitrogens with one attached hydrogen (secondary N) is 1. The minimum Gasteiger partial charge on any atom is -0.468 e. The second-order valence-corrected chi connectivity index (χ2v) is 6.47. The fourth-order valence-electron chi connectivity index (χ4n) is 2.91. The van der Waals surface area contributed by atoms with Crippen molar-refractivity contribution in [3.63, 3.8) is 0 Å². The Morgan fingerprint density at radius 2 is 2.10 bits per heavy atom. The van der Waals surface area contributed by atoms with E-state index in [1.807, 2.05) is 7.05 Å². The highest BCUT2D eigenvalue weighted by molar-refractivity contribution is 8.00. The van der Waals surface area contributed by atoms with E-state index in [-0.39, 0.29) is 5.97 Å². The van der Waals surface area contributed by atoms with Gasteiger partial charge in [0.1, 0.15) is 0 Å². The molecule has 1 fully saturated rings. The first-order valence-electron chi connectivity index (χ1n) is 7.15. The van der Waals surface area contributed by atoms with Crippen LogP contribution in [0.5, 0.6) is 0 Å². The highest BCUT2D eigenvalue weighted by atomic mass is 32.2. The molecular weight excluding hydrogens is 270 g/mol. The molecule has 3 unspecified atom stereocenters. The molecular formula is C16H23NO2S. The number of esters is 1. The summed E-state index contributed by atoms with van der Waals surface area (Å²) < 4.78 is 4.74. The van der Waals surface area contributed by atoms with E-state index in [1.54, 1.807) is 11.8 Å². The van der Waals surface area contributed by atoms with Crippen molar-refractivity contribution in [2.45, 2.75) is 36.5 Å². The van der Waals surface area contributed by atoms with Gasteiger partial charge >= 0.3 is 5.97 Å². The maximum atomic E-state index is 11.3. The van der Waals surface area contributed by atoms with Crippen LogP contribution in [0, 0.1) is 0 Å². The number of benzene rings is 1. The zero-order chi connectivity index (χ0) is 14.4. The first-order valence-corrected chi connectivity index (χ1v) is 8.20. The summed E-state index contributed by atoms with van der Waals surface area (Å²) in [5.74, 6) is 0.920. The van der Waals surface area contributed by atoms with Gasteiger partial charge in [-0.2, -0.15) is 0 Å². The van der Waals surface area contributed by atoms with E-state index in [4.69, 9.17) is 4.74 Å². The van der Waals surface area contributed by atoms with Gasteiger partial charge in [-0.05, 0) is 37.8 Å². The molecule has 0 saturated heterocycles. The van der Waals surface area contributed by atoms with Crippen LogP contribution >= 0.6 is 11.8 Å². The van der Waals surface area contributed by atoms with Crippen LogP contribution in [-0.2, 0) is 9.53 Å². The van der Waals surface area contributed by atoms with Gasteiger partial charge < -0.3 is 10.1 Å². The van der Waals surface area contributed by atoms with Crippen LogP contribution in [0.2, 0.25) is 0 Å². The Labute approximate surface area is 125 Å². The highest BCUT2D eigenvalue weighted by Gasteiger charge is 2.31. The lowest BCUT2D eigenvalue weighted by Gasteiger charge is -2.35. The molecule has 0 aromatic heterocycles. The van der Waals surface area contributed by atoms with Gasteiger partial charge in [-0.1, -0.05) is 30.3 Å². The van der Waals surface area contributed by atoms with Gasteiger partial charge in [0.2, 0.25) is 0 Å². The van der Waals surface area contributed by atoms with E-state index in [2.05, 4.69) is 35.6 Å². The van der Waals surface area contributed by atoms with Crippen molar-refractivity contribution in [3.05, 3.63) is 35.9 Å². The van der Waals surface area contributed by atoms with Gasteiger partial charge in [0.25, 0.3) is 0 Å². The molecule has 2 rings (SSSR count). The number of carbonyl (C=O) groups excluding carboxylic acids is 1. The molecule has 0 spiro atoms. The fraction of sp³-hybridized carbons (Fsp3) is 0.562. The lowest BCUT2D eigenvalue weighted by atomic mass is 9.81. The Balaban J connectivity index is 1.98. The third-order valence-corrected chi connectivity index (χ3v) is 5.43. The molecule has 20 heavy (non-hydrogen) atoms. The second-order valence-electron chi connectivity index (χ2n) is 5.24. The van der Waals surface area contributed by atoms with Gasteiger partial charge in [-0.3, -0.25) is 4.79 Å². The molecule has 0 heterocycles. The fourth-order valence-corrected chi connectivity index (χ4v) is 4.25. The SMILES string of the molecule is CNC1CCC(c2ccccc2)CC1SCC(=O)OC. The maximum Gasteiger partial charge on any atom is 0.315 e. The summed E-state index contributed by atoms with van der Waals surface area (Å²) in [6, 6.07) is 11.2. The van der Waals surface area contributed by atoms with Crippen molar-refractivity contribution in [1.82, 2.24) is 5.32 Å². The van der Waals surface area contributed by atoms with E-state index in [9.17, 15) is 4.79 Å². The smallest absolute Gasteiger partial charge is 0.315 e.